The molecule has 4 nitrogen and oxygen atoms in total. The first kappa shape index (κ1) is 23.3. The van der Waals surface area contributed by atoms with E-state index in [1.165, 1.54) is 12.1 Å². The summed E-state index contributed by atoms with van der Waals surface area (Å²) in [5, 5.41) is 0. The van der Waals surface area contributed by atoms with Crippen LogP contribution in [0.5, 0.6) is 0 Å². The molecule has 0 spiro atoms. The van der Waals surface area contributed by atoms with E-state index in [1.54, 1.807) is 6.92 Å². The zero-order valence-corrected chi connectivity index (χ0v) is 18.2. The largest absolute Gasteiger partial charge is 0.500 e. The van der Waals surface area contributed by atoms with Gasteiger partial charge in [0.15, 0.2) is 0 Å². The van der Waals surface area contributed by atoms with Crippen LogP contribution in [0.3, 0.4) is 0 Å². The summed E-state index contributed by atoms with van der Waals surface area (Å²) < 4.78 is 41.1. The van der Waals surface area contributed by atoms with Crippen LogP contribution in [-0.2, 0) is 15.9 Å². The van der Waals surface area contributed by atoms with Gasteiger partial charge in [0.1, 0.15) is 11.6 Å². The Morgan fingerprint density at radius 2 is 1.64 bits per heavy atom. The molecule has 1 aromatic carbocycles. The Balaban J connectivity index is 2.13. The van der Waals surface area contributed by atoms with Crippen molar-refractivity contribution in [3.63, 3.8) is 0 Å². The van der Waals surface area contributed by atoms with Crippen LogP contribution in [-0.4, -0.2) is 61.3 Å². The summed E-state index contributed by atoms with van der Waals surface area (Å²) in [4.78, 5) is 4.66. The van der Waals surface area contributed by atoms with Crippen molar-refractivity contribution in [2.24, 2.45) is 0 Å². The minimum atomic E-state index is -1.05. The second-order valence-electron chi connectivity index (χ2n) is 8.40. The van der Waals surface area contributed by atoms with Crippen molar-refractivity contribution in [2.75, 3.05) is 32.8 Å². The Morgan fingerprint density at radius 1 is 1.07 bits per heavy atom. The average molecular weight is 396 g/mol. The van der Waals surface area contributed by atoms with Gasteiger partial charge in [-0.2, -0.15) is 0 Å². The highest BCUT2D eigenvalue weighted by Gasteiger charge is 2.34. The van der Waals surface area contributed by atoms with Crippen LogP contribution in [0.1, 0.15) is 53.5 Å². The van der Waals surface area contributed by atoms with Crippen molar-refractivity contribution in [3.05, 3.63) is 29.3 Å². The third-order valence-electron chi connectivity index (χ3n) is 5.51. The lowest BCUT2D eigenvalue weighted by molar-refractivity contribution is 0.0700. The minimum absolute atomic E-state index is 0.142. The van der Waals surface area contributed by atoms with E-state index in [0.29, 0.717) is 31.2 Å². The topological polar surface area (TPSA) is 24.9 Å². The molecule has 1 fully saturated rings. The lowest BCUT2D eigenvalue weighted by atomic mass is 9.76. The van der Waals surface area contributed by atoms with Gasteiger partial charge >= 0.3 is 7.12 Å². The first-order valence-electron chi connectivity index (χ1n) is 10.4. The first-order chi connectivity index (χ1) is 13.2. The van der Waals surface area contributed by atoms with Crippen molar-refractivity contribution >= 4 is 12.6 Å². The van der Waals surface area contributed by atoms with Gasteiger partial charge < -0.3 is 9.31 Å². The number of nitrogens with zero attached hydrogens (tertiary/aromatic N) is 2. The molecule has 0 unspecified atom stereocenters. The van der Waals surface area contributed by atoms with Crippen LogP contribution in [0.15, 0.2) is 12.1 Å². The molecule has 1 aliphatic heterocycles. The summed E-state index contributed by atoms with van der Waals surface area (Å²) in [6.07, 6.45) is 0.709. The average Bonchev–Trinajstić information content (AvgIpc) is 2.61. The van der Waals surface area contributed by atoms with Crippen LogP contribution in [0.25, 0.3) is 0 Å². The third kappa shape index (κ3) is 6.24. The molecule has 0 atom stereocenters. The first-order valence-corrected chi connectivity index (χ1v) is 10.4. The van der Waals surface area contributed by atoms with E-state index in [9.17, 15) is 8.78 Å². The van der Waals surface area contributed by atoms with E-state index in [2.05, 4.69) is 23.6 Å². The molecular formula is C21H35BF2N2O2. The smallest absolute Gasteiger partial charge is 0.407 e. The molecule has 0 saturated carbocycles. The van der Waals surface area contributed by atoms with Crippen molar-refractivity contribution < 1.29 is 18.1 Å². The van der Waals surface area contributed by atoms with E-state index in [4.69, 9.17) is 9.31 Å². The van der Waals surface area contributed by atoms with E-state index in [-0.39, 0.29) is 5.46 Å². The molecule has 0 N–H and O–H groups in total. The predicted octanol–water partition coefficient (Wildman–Crippen LogP) is 3.43. The summed E-state index contributed by atoms with van der Waals surface area (Å²) in [7, 11) is -1.05. The number of hydrogen-bond donors (Lipinski definition) is 0. The molecule has 1 aromatic rings. The molecule has 0 aromatic heterocycles. The molecule has 1 saturated heterocycles. The van der Waals surface area contributed by atoms with Gasteiger partial charge in [0.25, 0.3) is 0 Å². The summed E-state index contributed by atoms with van der Waals surface area (Å²) in [6, 6.07) is 3.36. The number of benzene rings is 1. The highest BCUT2D eigenvalue weighted by molar-refractivity contribution is 6.61. The van der Waals surface area contributed by atoms with Crippen LogP contribution >= 0.6 is 0 Å². The molecule has 158 valence electrons. The zero-order valence-electron chi connectivity index (χ0n) is 18.2. The Morgan fingerprint density at radius 3 is 2.11 bits per heavy atom. The Kier molecular flexibility index (Phi) is 8.43. The van der Waals surface area contributed by atoms with Crippen molar-refractivity contribution in [1.82, 2.24) is 9.80 Å². The fourth-order valence-electron chi connectivity index (χ4n) is 3.35. The maximum absolute atomic E-state index is 14.9. The summed E-state index contributed by atoms with van der Waals surface area (Å²) in [5.74, 6) is -1.22. The number of hydrogen-bond acceptors (Lipinski definition) is 4. The lowest BCUT2D eigenvalue weighted by Crippen LogP contribution is -2.48. The number of halogens is 2. The quantitative estimate of drug-likeness (QED) is 0.598. The van der Waals surface area contributed by atoms with Crippen molar-refractivity contribution in [1.29, 1.82) is 0 Å². The van der Waals surface area contributed by atoms with Gasteiger partial charge in [-0.3, -0.25) is 9.80 Å². The van der Waals surface area contributed by atoms with E-state index in [1.807, 2.05) is 20.8 Å². The van der Waals surface area contributed by atoms with Crippen molar-refractivity contribution in [3.8, 4) is 0 Å². The van der Waals surface area contributed by atoms with Gasteiger partial charge in [-0.25, -0.2) is 8.78 Å². The molecule has 0 aliphatic carbocycles. The summed E-state index contributed by atoms with van der Waals surface area (Å²) in [6.45, 7) is 16.5. The fourth-order valence-corrected chi connectivity index (χ4v) is 3.35. The van der Waals surface area contributed by atoms with Gasteiger partial charge in [-0.05, 0) is 58.7 Å². The van der Waals surface area contributed by atoms with Gasteiger partial charge in [0.2, 0.25) is 0 Å². The number of rotatable bonds is 9. The van der Waals surface area contributed by atoms with Crippen LogP contribution in [0.2, 0.25) is 0 Å². The molecule has 7 heteroatoms. The SMILES string of the molecule is CCOB(OC(C)(C)CC)c1c(F)cc(CN2CCN(C(C)C)CC2)cc1F. The molecule has 2 rings (SSSR count). The summed E-state index contributed by atoms with van der Waals surface area (Å²) in [5.41, 5.74) is -0.0356. The normalized spacial score (nSPS) is 16.8. The second kappa shape index (κ2) is 10.1. The minimum Gasteiger partial charge on any atom is -0.407 e. The van der Waals surface area contributed by atoms with Gasteiger partial charge in [0.05, 0.1) is 5.46 Å². The highest BCUT2D eigenvalue weighted by Crippen LogP contribution is 2.18. The Labute approximate surface area is 169 Å². The van der Waals surface area contributed by atoms with Crippen LogP contribution in [0.4, 0.5) is 8.78 Å². The van der Waals surface area contributed by atoms with E-state index >= 15 is 0 Å². The van der Waals surface area contributed by atoms with Gasteiger partial charge in [-0.15, -0.1) is 0 Å². The molecular weight excluding hydrogens is 361 g/mol. The molecule has 0 radical (unpaired) electrons. The maximum atomic E-state index is 14.9. The second-order valence-corrected chi connectivity index (χ2v) is 8.40. The number of piperazine rings is 1. The lowest BCUT2D eigenvalue weighted by Gasteiger charge is -2.37. The fraction of sp³-hybridized carbons (Fsp3) is 0.714. The van der Waals surface area contributed by atoms with Crippen LogP contribution < -0.4 is 5.46 Å². The monoisotopic (exact) mass is 396 g/mol. The zero-order chi connectivity index (χ0) is 20.9. The standard InChI is InChI=1S/C21H35BF2N2O2/c1-7-21(5,6)28-22(27-8-2)20-18(23)13-17(14-19(20)24)15-25-9-11-26(12-10-25)16(3)4/h13-14,16H,7-12,15H2,1-6H3. The van der Waals surface area contributed by atoms with E-state index in [0.717, 1.165) is 26.2 Å². The van der Waals surface area contributed by atoms with Gasteiger partial charge in [0, 0.05) is 51.0 Å². The summed E-state index contributed by atoms with van der Waals surface area (Å²) >= 11 is 0. The third-order valence-corrected chi connectivity index (χ3v) is 5.51. The Hall–Kier alpha value is -1.02. The maximum Gasteiger partial charge on any atom is 0.500 e. The Bertz CT molecular complexity index is 612. The highest BCUT2D eigenvalue weighted by atomic mass is 19.1. The molecule has 1 aliphatic rings. The van der Waals surface area contributed by atoms with Gasteiger partial charge in [-0.1, -0.05) is 6.92 Å². The van der Waals surface area contributed by atoms with E-state index < -0.39 is 24.4 Å². The van der Waals surface area contributed by atoms with Crippen LogP contribution in [0, 0.1) is 11.6 Å². The van der Waals surface area contributed by atoms with Crippen molar-refractivity contribution in [2.45, 2.75) is 66.2 Å². The molecule has 28 heavy (non-hydrogen) atoms. The molecule has 0 bridgehead atoms. The molecule has 0 amide bonds. The predicted molar refractivity (Wildman–Crippen MR) is 111 cm³/mol. The molecule has 1 heterocycles.